The van der Waals surface area contributed by atoms with Crippen LogP contribution < -0.4 is 14.8 Å². The quantitative estimate of drug-likeness (QED) is 0.556. The smallest absolute Gasteiger partial charge is 0.387 e. The first-order valence-corrected chi connectivity index (χ1v) is 8.74. The number of allylic oxidation sites excluding steroid dienone is 1. The molecular weight excluding hydrogens is 378 g/mol. The second-order valence-corrected chi connectivity index (χ2v) is 6.20. The molecule has 0 saturated heterocycles. The van der Waals surface area contributed by atoms with Crippen LogP contribution in [0.1, 0.15) is 31.9 Å². The van der Waals surface area contributed by atoms with Crippen molar-refractivity contribution in [3.63, 3.8) is 0 Å². The molecule has 1 N–H and O–H groups in total. The van der Waals surface area contributed by atoms with E-state index in [9.17, 15) is 13.6 Å². The molecule has 0 radical (unpaired) electrons. The molecule has 1 aromatic rings. The molecule has 148 valence electrons. The van der Waals surface area contributed by atoms with Crippen LogP contribution in [0.4, 0.5) is 8.78 Å². The lowest BCUT2D eigenvalue weighted by molar-refractivity contribution is -0.136. The van der Waals surface area contributed by atoms with Crippen molar-refractivity contribution in [1.82, 2.24) is 10.2 Å². The number of halogens is 2. The Morgan fingerprint density at radius 1 is 1.33 bits per heavy atom. The summed E-state index contributed by atoms with van der Waals surface area (Å²) in [6, 6.07) is 3.87. The van der Waals surface area contributed by atoms with E-state index in [4.69, 9.17) is 21.7 Å². The largest absolute Gasteiger partial charge is 0.493 e. The standard InChI is InChI=1S/C18H22F2N2O4S/c1-5-8-22-10(2)14(16(23)25-4)15(21-18(22)27)11-6-7-12(26-17(19)20)13(9-11)24-3/h6-7,9,15,17H,5,8H2,1-4H3,(H,21,27). The van der Waals surface area contributed by atoms with Crippen molar-refractivity contribution in [3.8, 4) is 11.5 Å². The van der Waals surface area contributed by atoms with Gasteiger partial charge in [-0.15, -0.1) is 0 Å². The lowest BCUT2D eigenvalue weighted by atomic mass is 9.94. The molecule has 9 heteroatoms. The molecule has 0 spiro atoms. The van der Waals surface area contributed by atoms with Crippen LogP contribution in [0.15, 0.2) is 29.5 Å². The van der Waals surface area contributed by atoms with E-state index in [0.29, 0.717) is 28.5 Å². The van der Waals surface area contributed by atoms with Gasteiger partial charge in [-0.1, -0.05) is 13.0 Å². The van der Waals surface area contributed by atoms with Gasteiger partial charge in [0.05, 0.1) is 25.8 Å². The minimum Gasteiger partial charge on any atom is -0.493 e. The third kappa shape index (κ3) is 4.47. The number of nitrogens with zero attached hydrogens (tertiary/aromatic N) is 1. The van der Waals surface area contributed by atoms with E-state index in [-0.39, 0.29) is 11.5 Å². The van der Waals surface area contributed by atoms with Crippen LogP contribution in [0, 0.1) is 0 Å². The highest BCUT2D eigenvalue weighted by molar-refractivity contribution is 7.80. The summed E-state index contributed by atoms with van der Waals surface area (Å²) in [5.74, 6) is -0.471. The second-order valence-electron chi connectivity index (χ2n) is 5.81. The van der Waals surface area contributed by atoms with E-state index in [0.717, 1.165) is 6.42 Å². The van der Waals surface area contributed by atoms with Crippen LogP contribution in [-0.4, -0.2) is 43.4 Å². The molecule has 1 aromatic carbocycles. The highest BCUT2D eigenvalue weighted by Gasteiger charge is 2.34. The fourth-order valence-corrected chi connectivity index (χ4v) is 3.30. The average Bonchev–Trinajstić information content (AvgIpc) is 2.64. The maximum absolute atomic E-state index is 12.5. The summed E-state index contributed by atoms with van der Waals surface area (Å²) in [4.78, 5) is 14.3. The summed E-state index contributed by atoms with van der Waals surface area (Å²) >= 11 is 5.44. The van der Waals surface area contributed by atoms with Gasteiger partial charge in [-0.2, -0.15) is 8.78 Å². The number of thiocarbonyl (C=S) groups is 1. The van der Waals surface area contributed by atoms with Crippen molar-refractivity contribution in [1.29, 1.82) is 0 Å². The summed E-state index contributed by atoms with van der Waals surface area (Å²) < 4.78 is 39.6. The fraction of sp³-hybridized carbons (Fsp3) is 0.444. The molecule has 0 aromatic heterocycles. The van der Waals surface area contributed by atoms with E-state index < -0.39 is 18.6 Å². The van der Waals surface area contributed by atoms with Crippen LogP contribution in [0.2, 0.25) is 0 Å². The third-order valence-electron chi connectivity index (χ3n) is 4.19. The van der Waals surface area contributed by atoms with Gasteiger partial charge in [-0.25, -0.2) is 4.79 Å². The summed E-state index contributed by atoms with van der Waals surface area (Å²) in [6.07, 6.45) is 0.839. The van der Waals surface area contributed by atoms with Crippen LogP contribution >= 0.6 is 12.2 Å². The molecule has 0 aliphatic carbocycles. The zero-order chi connectivity index (χ0) is 20.1. The lowest BCUT2D eigenvalue weighted by Gasteiger charge is -2.37. The predicted molar refractivity (Wildman–Crippen MR) is 99.8 cm³/mol. The van der Waals surface area contributed by atoms with Crippen LogP contribution in [0.5, 0.6) is 11.5 Å². The number of methoxy groups -OCH3 is 2. The molecule has 0 amide bonds. The molecule has 1 aliphatic rings. The summed E-state index contributed by atoms with van der Waals surface area (Å²) in [7, 11) is 2.65. The van der Waals surface area contributed by atoms with Crippen LogP contribution in [0.3, 0.4) is 0 Å². The zero-order valence-electron chi connectivity index (χ0n) is 15.5. The number of rotatable bonds is 7. The van der Waals surface area contributed by atoms with E-state index in [1.807, 2.05) is 11.8 Å². The number of hydrogen-bond acceptors (Lipinski definition) is 5. The van der Waals surface area contributed by atoms with Crippen LogP contribution in [0.25, 0.3) is 0 Å². The molecule has 0 bridgehead atoms. The third-order valence-corrected chi connectivity index (χ3v) is 4.52. The van der Waals surface area contributed by atoms with E-state index in [2.05, 4.69) is 10.1 Å². The Morgan fingerprint density at radius 3 is 2.59 bits per heavy atom. The van der Waals surface area contributed by atoms with Gasteiger partial charge < -0.3 is 24.4 Å². The summed E-state index contributed by atoms with van der Waals surface area (Å²) in [5, 5.41) is 3.60. The molecule has 1 unspecified atom stereocenters. The van der Waals surface area contributed by atoms with Gasteiger partial charge >= 0.3 is 12.6 Å². The molecule has 1 aliphatic heterocycles. The number of carbonyl (C=O) groups is 1. The number of ether oxygens (including phenoxy) is 3. The minimum absolute atomic E-state index is 0.0948. The minimum atomic E-state index is -2.97. The van der Waals surface area contributed by atoms with Gasteiger partial charge in [0.1, 0.15) is 0 Å². The number of nitrogens with one attached hydrogen (secondary N) is 1. The van der Waals surface area contributed by atoms with E-state index >= 15 is 0 Å². The first-order valence-electron chi connectivity index (χ1n) is 8.33. The van der Waals surface area contributed by atoms with Gasteiger partial charge in [0.15, 0.2) is 16.6 Å². The number of hydrogen-bond donors (Lipinski definition) is 1. The maximum atomic E-state index is 12.5. The Kier molecular flexibility index (Phi) is 6.95. The Labute approximate surface area is 162 Å². The Balaban J connectivity index is 2.52. The van der Waals surface area contributed by atoms with Crippen molar-refractivity contribution < 1.29 is 27.8 Å². The first-order chi connectivity index (χ1) is 12.8. The number of esters is 1. The van der Waals surface area contributed by atoms with Gasteiger partial charge in [0, 0.05) is 12.2 Å². The highest BCUT2D eigenvalue weighted by Crippen LogP contribution is 2.36. The molecule has 0 fully saturated rings. The molecule has 1 heterocycles. The Hall–Kier alpha value is -2.42. The zero-order valence-corrected chi connectivity index (χ0v) is 16.4. The number of alkyl halides is 2. The Bertz CT molecular complexity index is 755. The van der Waals surface area contributed by atoms with E-state index in [1.54, 1.807) is 13.0 Å². The van der Waals surface area contributed by atoms with Crippen molar-refractivity contribution in [3.05, 3.63) is 35.0 Å². The SMILES string of the molecule is CCCN1C(=S)NC(c2ccc(OC(F)F)c(OC)c2)C(C(=O)OC)=C1C. The Morgan fingerprint density at radius 2 is 2.04 bits per heavy atom. The highest BCUT2D eigenvalue weighted by atomic mass is 32.1. The number of benzene rings is 1. The molecular formula is C18H22F2N2O4S. The summed E-state index contributed by atoms with van der Waals surface area (Å²) in [5.41, 5.74) is 1.68. The first kappa shape index (κ1) is 20.9. The van der Waals surface area contributed by atoms with Crippen molar-refractivity contribution in [2.45, 2.75) is 32.9 Å². The normalized spacial score (nSPS) is 17.1. The molecule has 27 heavy (non-hydrogen) atoms. The van der Waals surface area contributed by atoms with Crippen molar-refractivity contribution in [2.24, 2.45) is 0 Å². The molecule has 0 saturated carbocycles. The average molecular weight is 400 g/mol. The topological polar surface area (TPSA) is 60.0 Å². The van der Waals surface area contributed by atoms with Gasteiger partial charge in [-0.3, -0.25) is 0 Å². The number of carbonyl (C=O) groups excluding carboxylic acids is 1. The van der Waals surface area contributed by atoms with Gasteiger partial charge in [0.25, 0.3) is 0 Å². The van der Waals surface area contributed by atoms with Crippen molar-refractivity contribution in [2.75, 3.05) is 20.8 Å². The summed E-state index contributed by atoms with van der Waals surface area (Å²) in [6.45, 7) is 1.48. The van der Waals surface area contributed by atoms with Gasteiger partial charge in [-0.05, 0) is 43.3 Å². The predicted octanol–water partition coefficient (Wildman–Crippen LogP) is 3.38. The molecule has 1 atom stereocenters. The van der Waals surface area contributed by atoms with Crippen LogP contribution in [-0.2, 0) is 9.53 Å². The molecule has 2 rings (SSSR count). The maximum Gasteiger partial charge on any atom is 0.387 e. The molecule has 6 nitrogen and oxygen atoms in total. The fourth-order valence-electron chi connectivity index (χ4n) is 2.96. The van der Waals surface area contributed by atoms with Gasteiger partial charge in [0.2, 0.25) is 0 Å². The second kappa shape index (κ2) is 8.98. The van der Waals surface area contributed by atoms with E-state index in [1.165, 1.54) is 26.4 Å². The van der Waals surface area contributed by atoms with Crippen molar-refractivity contribution >= 4 is 23.3 Å². The lowest BCUT2D eigenvalue weighted by Crippen LogP contribution is -2.48. The monoisotopic (exact) mass is 400 g/mol.